The second-order valence-corrected chi connectivity index (χ2v) is 3.34. The minimum atomic E-state index is 1.15. The monoisotopic (exact) mass is 156 g/mol. The van der Waals surface area contributed by atoms with Gasteiger partial charge in [0.1, 0.15) is 0 Å². The first kappa shape index (κ1) is 5.90. The Balaban J connectivity index is 3.08. The van der Waals surface area contributed by atoms with Gasteiger partial charge in [-0.25, -0.2) is 0 Å². The van der Waals surface area contributed by atoms with E-state index in [0.717, 1.165) is 18.3 Å². The van der Waals surface area contributed by atoms with Gasteiger partial charge in [0.25, 0.3) is 0 Å². The molecule has 2 heteroatoms. The van der Waals surface area contributed by atoms with Crippen LogP contribution in [0.25, 0.3) is 0 Å². The van der Waals surface area contributed by atoms with E-state index < -0.39 is 0 Å². The average molecular weight is 158 g/mol. The molecule has 0 saturated heterocycles. The third-order valence-corrected chi connectivity index (χ3v) is 1.78. The first-order valence-electron chi connectivity index (χ1n) is 2.53. The predicted octanol–water partition coefficient (Wildman–Crippen LogP) is 0.562. The van der Waals surface area contributed by atoms with Gasteiger partial charge in [-0.3, -0.25) is 0 Å². The van der Waals surface area contributed by atoms with Crippen LogP contribution in [0.3, 0.4) is 0 Å². The van der Waals surface area contributed by atoms with Crippen molar-refractivity contribution < 1.29 is 18.3 Å². The van der Waals surface area contributed by atoms with Crippen molar-refractivity contribution in [1.29, 1.82) is 0 Å². The summed E-state index contributed by atoms with van der Waals surface area (Å²) in [5.41, 5.74) is 1.31. The number of pyridine rings is 1. The molecule has 0 saturated carbocycles. The summed E-state index contributed by atoms with van der Waals surface area (Å²) in [5.74, 6) is 0. The standard InChI is InChI=1S/C6H6N.Zn/c1-6-2-4-7-5-3-6;/h2-4H,1H3;. The molecule has 1 heterocycles. The van der Waals surface area contributed by atoms with E-state index in [0.29, 0.717) is 0 Å². The first-order valence-corrected chi connectivity index (χ1v) is 4.02. The Morgan fingerprint density at radius 2 is 2.38 bits per heavy atom. The number of hydrogen-bond donors (Lipinski definition) is 0. The summed E-state index contributed by atoms with van der Waals surface area (Å²) >= 11 is 1.15. The van der Waals surface area contributed by atoms with Crippen LogP contribution in [0.5, 0.6) is 0 Å². The van der Waals surface area contributed by atoms with Gasteiger partial charge in [0.2, 0.25) is 0 Å². The van der Waals surface area contributed by atoms with Crippen molar-refractivity contribution in [2.24, 2.45) is 0 Å². The van der Waals surface area contributed by atoms with Crippen molar-refractivity contribution in [3.63, 3.8) is 0 Å². The van der Waals surface area contributed by atoms with Crippen molar-refractivity contribution in [2.75, 3.05) is 0 Å². The van der Waals surface area contributed by atoms with E-state index in [4.69, 9.17) is 0 Å². The van der Waals surface area contributed by atoms with Crippen LogP contribution in [0.4, 0.5) is 0 Å². The Morgan fingerprint density at radius 3 is 2.75 bits per heavy atom. The molecule has 37 valence electrons. The Morgan fingerprint density at radius 1 is 1.62 bits per heavy atom. The molecule has 8 heavy (non-hydrogen) atoms. The molecule has 0 aliphatic heterocycles. The van der Waals surface area contributed by atoms with Crippen LogP contribution in [0.15, 0.2) is 18.3 Å². The van der Waals surface area contributed by atoms with E-state index >= 15 is 0 Å². The molecule has 0 amide bonds. The van der Waals surface area contributed by atoms with Crippen molar-refractivity contribution in [3.8, 4) is 0 Å². The Kier molecular flexibility index (Phi) is 1.74. The number of rotatable bonds is 0. The Bertz CT molecular complexity index is 168. The van der Waals surface area contributed by atoms with Crippen LogP contribution in [0.1, 0.15) is 5.56 Å². The summed E-state index contributed by atoms with van der Waals surface area (Å²) in [4.78, 5) is 4.10. The van der Waals surface area contributed by atoms with Crippen LogP contribution in [0.2, 0.25) is 0 Å². The van der Waals surface area contributed by atoms with Crippen molar-refractivity contribution >= 4 is 4.29 Å². The van der Waals surface area contributed by atoms with Gasteiger partial charge >= 0.3 is 58.4 Å². The van der Waals surface area contributed by atoms with Gasteiger partial charge in [0, 0.05) is 0 Å². The van der Waals surface area contributed by atoms with Crippen LogP contribution in [0, 0.1) is 6.92 Å². The summed E-state index contributed by atoms with van der Waals surface area (Å²) in [6.07, 6.45) is 1.86. The molecule has 0 aromatic carbocycles. The fourth-order valence-electron chi connectivity index (χ4n) is 0.599. The molecule has 0 N–H and O–H groups in total. The van der Waals surface area contributed by atoms with E-state index in [1.54, 1.807) is 0 Å². The van der Waals surface area contributed by atoms with Gasteiger partial charge in [-0.05, 0) is 0 Å². The molecule has 0 aliphatic carbocycles. The van der Waals surface area contributed by atoms with Gasteiger partial charge in [0.15, 0.2) is 0 Å². The predicted molar refractivity (Wildman–Crippen MR) is 28.6 cm³/mol. The van der Waals surface area contributed by atoms with E-state index in [-0.39, 0.29) is 0 Å². The molecule has 1 aromatic rings. The fraction of sp³-hybridized carbons (Fsp3) is 0.167. The third-order valence-electron chi connectivity index (χ3n) is 0.972. The van der Waals surface area contributed by atoms with Crippen molar-refractivity contribution in [1.82, 2.24) is 4.98 Å². The molecule has 0 atom stereocenters. The van der Waals surface area contributed by atoms with Crippen LogP contribution in [-0.2, 0) is 18.3 Å². The fourth-order valence-corrected chi connectivity index (χ4v) is 1.50. The van der Waals surface area contributed by atoms with E-state index in [9.17, 15) is 0 Å². The zero-order chi connectivity index (χ0) is 5.98. The van der Waals surface area contributed by atoms with E-state index in [1.165, 1.54) is 9.85 Å². The number of aryl methyl sites for hydroxylation is 1. The zero-order valence-corrected chi connectivity index (χ0v) is 7.85. The molecule has 0 spiro atoms. The second-order valence-electron chi connectivity index (χ2n) is 1.82. The van der Waals surface area contributed by atoms with Crippen LogP contribution in [-0.4, -0.2) is 4.98 Å². The van der Waals surface area contributed by atoms with Gasteiger partial charge in [-0.15, -0.1) is 0 Å². The molecule has 1 nitrogen and oxygen atoms in total. The van der Waals surface area contributed by atoms with Crippen molar-refractivity contribution in [3.05, 3.63) is 23.9 Å². The summed E-state index contributed by atoms with van der Waals surface area (Å²) in [6.45, 7) is 2.08. The maximum absolute atomic E-state index is 4.10. The molecule has 0 unspecified atom stereocenters. The number of nitrogens with zero attached hydrogens (tertiary/aromatic N) is 1. The molecular weight excluding hydrogens is 151 g/mol. The molecule has 0 bridgehead atoms. The third kappa shape index (κ3) is 1.38. The summed E-state index contributed by atoms with van der Waals surface area (Å²) in [6, 6.07) is 4.12. The molecule has 1 aromatic heterocycles. The molecular formula is C6H6NZn. The Labute approximate surface area is 58.8 Å². The van der Waals surface area contributed by atoms with Crippen molar-refractivity contribution in [2.45, 2.75) is 6.92 Å². The minimum absolute atomic E-state index is 1.15. The quantitative estimate of drug-likeness (QED) is 0.502. The summed E-state index contributed by atoms with van der Waals surface area (Å²) < 4.78 is 1.21. The topological polar surface area (TPSA) is 12.9 Å². The summed E-state index contributed by atoms with van der Waals surface area (Å²) in [5, 5.41) is 0. The van der Waals surface area contributed by atoms with Gasteiger partial charge in [-0.1, -0.05) is 0 Å². The normalized spacial score (nSPS) is 9.38. The Hall–Kier alpha value is -0.227. The summed E-state index contributed by atoms with van der Waals surface area (Å²) in [7, 11) is 0. The average Bonchev–Trinajstić information content (AvgIpc) is 1.64. The van der Waals surface area contributed by atoms with E-state index in [2.05, 4.69) is 18.0 Å². The SMILES string of the molecule is Cc1ccn[c]([Zn])c1. The molecule has 0 aliphatic rings. The number of hydrogen-bond acceptors (Lipinski definition) is 1. The van der Waals surface area contributed by atoms with Crippen LogP contribution >= 0.6 is 0 Å². The van der Waals surface area contributed by atoms with E-state index in [1.807, 2.05) is 12.3 Å². The van der Waals surface area contributed by atoms with Gasteiger partial charge in [-0.2, -0.15) is 0 Å². The first-order chi connectivity index (χ1) is 3.79. The second kappa shape index (κ2) is 2.36. The molecule has 0 radical (unpaired) electrons. The number of aromatic nitrogens is 1. The van der Waals surface area contributed by atoms with Gasteiger partial charge < -0.3 is 0 Å². The molecule has 1 rings (SSSR count). The zero-order valence-electron chi connectivity index (χ0n) is 4.89. The maximum atomic E-state index is 4.10. The van der Waals surface area contributed by atoms with Gasteiger partial charge in [0.05, 0.1) is 0 Å². The van der Waals surface area contributed by atoms with Crippen LogP contribution < -0.4 is 4.29 Å². The molecule has 0 fully saturated rings.